The molecule has 0 amide bonds. The third-order valence-corrected chi connectivity index (χ3v) is 14.3. The molecule has 4 rings (SSSR count). The molecule has 2 aromatic rings. The van der Waals surface area contributed by atoms with E-state index in [0.717, 1.165) is 12.3 Å². The molecule has 2 unspecified atom stereocenters. The molecule has 2 aliphatic rings. The van der Waals surface area contributed by atoms with Gasteiger partial charge < -0.3 is 24.8 Å². The molecule has 0 bridgehead atoms. The SMILES string of the molecule is CCCCC1=[C]([Hf+2][CH]2C(C)=C(Pc3ccccc3)c3ccccc32)CC=C1C.[Cl-].[Cl-]. The largest absolute Gasteiger partial charge is 1.00 e. The van der Waals surface area contributed by atoms with E-state index in [4.69, 9.17) is 0 Å². The summed E-state index contributed by atoms with van der Waals surface area (Å²) in [7, 11) is 0.776. The van der Waals surface area contributed by atoms with Gasteiger partial charge >= 0.3 is 184 Å². The van der Waals surface area contributed by atoms with E-state index >= 15 is 0 Å². The summed E-state index contributed by atoms with van der Waals surface area (Å²) in [4.78, 5) is 0. The van der Waals surface area contributed by atoms with Crippen LogP contribution in [-0.4, -0.2) is 0 Å². The Morgan fingerprint density at radius 2 is 1.67 bits per heavy atom. The first-order chi connectivity index (χ1) is 13.7. The summed E-state index contributed by atoms with van der Waals surface area (Å²) in [6.07, 6.45) is 7.68. The molecule has 0 fully saturated rings. The Labute approximate surface area is 207 Å². The molecule has 0 nitrogen and oxygen atoms in total. The second-order valence-electron chi connectivity index (χ2n) is 7.87. The van der Waals surface area contributed by atoms with E-state index in [0.29, 0.717) is 0 Å². The van der Waals surface area contributed by atoms with Gasteiger partial charge in [-0.3, -0.25) is 0 Å². The van der Waals surface area contributed by atoms with E-state index in [9.17, 15) is 0 Å². The van der Waals surface area contributed by atoms with E-state index in [2.05, 4.69) is 81.4 Å². The van der Waals surface area contributed by atoms with Crippen molar-refractivity contribution in [2.24, 2.45) is 0 Å². The smallest absolute Gasteiger partial charge is 1.00 e. The minimum atomic E-state index is -0.962. The third-order valence-electron chi connectivity index (χ3n) is 5.96. The van der Waals surface area contributed by atoms with Crippen molar-refractivity contribution in [3.8, 4) is 0 Å². The summed E-state index contributed by atoms with van der Waals surface area (Å²) < 4.78 is 2.63. The van der Waals surface area contributed by atoms with Crippen LogP contribution in [0.5, 0.6) is 0 Å². The van der Waals surface area contributed by atoms with Crippen LogP contribution in [0.1, 0.15) is 61.3 Å². The van der Waals surface area contributed by atoms with E-state index in [1.165, 1.54) is 36.6 Å². The Balaban J connectivity index is 0.00000160. The zero-order valence-corrected chi connectivity index (χ0v) is 24.0. The maximum atomic E-state index is 2.50. The van der Waals surface area contributed by atoms with Crippen LogP contribution in [0.4, 0.5) is 0 Å². The average Bonchev–Trinajstić information content (AvgIpc) is 3.20. The Kier molecular flexibility index (Phi) is 10.3. The van der Waals surface area contributed by atoms with Crippen LogP contribution in [0.3, 0.4) is 0 Å². The van der Waals surface area contributed by atoms with Crippen molar-refractivity contribution in [3.63, 3.8) is 0 Å². The maximum absolute atomic E-state index is 2.50. The summed E-state index contributed by atoms with van der Waals surface area (Å²) >= 11 is -0.962. The number of halogens is 2. The zero-order valence-electron chi connectivity index (χ0n) is 17.9. The Hall–Kier alpha value is -0.460. The van der Waals surface area contributed by atoms with E-state index in [1.807, 2.05) is 3.33 Å². The summed E-state index contributed by atoms with van der Waals surface area (Å²) in [5.74, 6) is 0. The zero-order chi connectivity index (χ0) is 19.5. The molecule has 0 aromatic heterocycles. The normalized spacial score (nSPS) is 17.6. The van der Waals surface area contributed by atoms with Crippen molar-refractivity contribution in [2.45, 2.75) is 50.1 Å². The van der Waals surface area contributed by atoms with Crippen molar-refractivity contribution < 1.29 is 47.7 Å². The summed E-state index contributed by atoms with van der Waals surface area (Å²) in [5.41, 5.74) is 8.18. The molecule has 2 atom stereocenters. The monoisotopic (exact) mass is 622 g/mol. The van der Waals surface area contributed by atoms with Gasteiger partial charge in [-0.15, -0.1) is 0 Å². The molecule has 0 saturated carbocycles. The van der Waals surface area contributed by atoms with Gasteiger partial charge in [0.1, 0.15) is 0 Å². The van der Waals surface area contributed by atoms with Crippen LogP contribution in [-0.2, 0) is 22.9 Å². The van der Waals surface area contributed by atoms with Gasteiger partial charge in [0.05, 0.1) is 0 Å². The maximum Gasteiger partial charge on any atom is -1.00 e. The van der Waals surface area contributed by atoms with Gasteiger partial charge in [-0.05, 0) is 0 Å². The van der Waals surface area contributed by atoms with Gasteiger partial charge in [0, 0.05) is 0 Å². The molecule has 156 valence electrons. The fourth-order valence-electron chi connectivity index (χ4n) is 4.35. The minimum absolute atomic E-state index is 0. The van der Waals surface area contributed by atoms with Gasteiger partial charge in [-0.25, -0.2) is 0 Å². The topological polar surface area (TPSA) is 0 Å². The van der Waals surface area contributed by atoms with Gasteiger partial charge in [0.25, 0.3) is 0 Å². The van der Waals surface area contributed by atoms with Gasteiger partial charge in [0.2, 0.25) is 0 Å². The predicted molar refractivity (Wildman–Crippen MR) is 121 cm³/mol. The van der Waals surface area contributed by atoms with E-state index in [-0.39, 0.29) is 24.8 Å². The second-order valence-corrected chi connectivity index (χ2v) is 14.5. The number of rotatable bonds is 7. The molecule has 0 saturated heterocycles. The molecule has 0 heterocycles. The van der Waals surface area contributed by atoms with Gasteiger partial charge in [-0.2, -0.15) is 0 Å². The molecule has 4 heteroatoms. The van der Waals surface area contributed by atoms with Crippen LogP contribution in [0.15, 0.2) is 80.7 Å². The molecule has 2 aliphatic carbocycles. The molecule has 2 aromatic carbocycles. The molecule has 0 spiro atoms. The first kappa shape index (κ1) is 25.8. The third kappa shape index (κ3) is 5.47. The number of hydrogen-bond acceptors (Lipinski definition) is 0. The first-order valence-corrected chi connectivity index (χ1v) is 15.3. The first-order valence-electron chi connectivity index (χ1n) is 10.5. The van der Waals surface area contributed by atoms with E-state index < -0.39 is 22.9 Å². The quantitative estimate of drug-likeness (QED) is 0.324. The molecule has 0 radical (unpaired) electrons. The van der Waals surface area contributed by atoms with E-state index in [1.54, 1.807) is 27.6 Å². The van der Waals surface area contributed by atoms with Crippen LogP contribution >= 0.6 is 8.58 Å². The molecular formula is C26H29Cl2HfP. The van der Waals surface area contributed by atoms with Crippen molar-refractivity contribution in [2.75, 3.05) is 0 Å². The molecular weight excluding hydrogens is 593 g/mol. The number of fused-ring (bicyclic) bond motifs is 1. The fraction of sp³-hybridized carbons (Fsp3) is 0.308. The Morgan fingerprint density at radius 3 is 2.40 bits per heavy atom. The fourth-order valence-corrected chi connectivity index (χ4v) is 12.8. The van der Waals surface area contributed by atoms with Crippen LogP contribution in [0.2, 0.25) is 0 Å². The van der Waals surface area contributed by atoms with Gasteiger partial charge in [-0.1, -0.05) is 0 Å². The van der Waals surface area contributed by atoms with Crippen LogP contribution in [0, 0.1) is 0 Å². The molecule has 0 N–H and O–H groups in total. The molecule has 0 aliphatic heterocycles. The summed E-state index contributed by atoms with van der Waals surface area (Å²) in [5, 5.41) is 3.08. The predicted octanol–water partition coefficient (Wildman–Crippen LogP) is 1.36. The van der Waals surface area contributed by atoms with Crippen molar-refractivity contribution in [3.05, 3.63) is 91.8 Å². The van der Waals surface area contributed by atoms with Gasteiger partial charge in [0.15, 0.2) is 0 Å². The Bertz CT molecular complexity index is 960. The van der Waals surface area contributed by atoms with Crippen LogP contribution in [0.25, 0.3) is 5.31 Å². The Morgan fingerprint density at radius 1 is 0.967 bits per heavy atom. The van der Waals surface area contributed by atoms with Crippen LogP contribution < -0.4 is 30.1 Å². The van der Waals surface area contributed by atoms with Crippen molar-refractivity contribution >= 4 is 19.2 Å². The number of hydrogen-bond donors (Lipinski definition) is 0. The number of unbranched alkanes of at least 4 members (excludes halogenated alkanes) is 1. The molecule has 30 heavy (non-hydrogen) atoms. The standard InChI is InChI=1S/C16H14P.C10H15.2ClH.Hf/c1-12-11-13-7-5-6-10-15(13)16(12)17-14-8-3-2-4-9-14;1-3-4-7-10-8-5-6-9(10)2;;;/h2-11,17H,1H3;6H,3-5,7H2,1-2H3;2*1H;/q;;;;+2/p-2. The minimum Gasteiger partial charge on any atom is -1.00 e. The second kappa shape index (κ2) is 12.0. The van der Waals surface area contributed by atoms with Crippen molar-refractivity contribution in [1.82, 2.24) is 0 Å². The summed E-state index contributed by atoms with van der Waals surface area (Å²) in [6.45, 7) is 7.09. The average molecular weight is 622 g/mol. The number of benzene rings is 2. The summed E-state index contributed by atoms with van der Waals surface area (Å²) in [6, 6.07) is 20.3. The van der Waals surface area contributed by atoms with Crippen molar-refractivity contribution in [1.29, 1.82) is 0 Å². The number of allylic oxidation sites excluding steroid dienone is 5.